The molecule has 2 aromatic rings. The molecule has 0 heterocycles. The van der Waals surface area contributed by atoms with E-state index in [1.807, 2.05) is 24.3 Å². The summed E-state index contributed by atoms with van der Waals surface area (Å²) < 4.78 is 4.62. The number of carbonyl (C=O) groups is 3. The normalized spacial score (nSPS) is 10.1. The van der Waals surface area contributed by atoms with Crippen molar-refractivity contribution in [2.75, 3.05) is 29.2 Å². The van der Waals surface area contributed by atoms with Crippen LogP contribution in [0.4, 0.5) is 11.4 Å². The molecule has 0 bridgehead atoms. The van der Waals surface area contributed by atoms with Gasteiger partial charge in [-0.25, -0.2) is 4.79 Å². The summed E-state index contributed by atoms with van der Waals surface area (Å²) in [6, 6.07) is 14.1. The van der Waals surface area contributed by atoms with Crippen molar-refractivity contribution in [2.45, 2.75) is 13.3 Å². The molecule has 2 N–H and O–H groups in total. The number of thioether (sulfide) groups is 1. The van der Waals surface area contributed by atoms with Crippen LogP contribution in [0.5, 0.6) is 0 Å². The van der Waals surface area contributed by atoms with E-state index in [0.29, 0.717) is 11.3 Å². The zero-order valence-corrected chi connectivity index (χ0v) is 16.1. The van der Waals surface area contributed by atoms with Gasteiger partial charge in [0.15, 0.2) is 0 Å². The number of carbonyl (C=O) groups excluding carboxylic acids is 3. The first-order chi connectivity index (χ1) is 13.0. The zero-order chi connectivity index (χ0) is 19.6. The van der Waals surface area contributed by atoms with Crippen molar-refractivity contribution in [1.29, 1.82) is 0 Å². The second-order valence-electron chi connectivity index (χ2n) is 5.71. The third-order valence-corrected chi connectivity index (χ3v) is 4.63. The Morgan fingerprint density at radius 3 is 1.78 bits per heavy atom. The Balaban J connectivity index is 1.71. The molecule has 0 aliphatic carbocycles. The number of nitrogens with one attached hydrogen (secondary N) is 2. The van der Waals surface area contributed by atoms with Crippen molar-refractivity contribution in [1.82, 2.24) is 0 Å². The van der Waals surface area contributed by atoms with Crippen LogP contribution < -0.4 is 10.6 Å². The fourth-order valence-electron chi connectivity index (χ4n) is 2.26. The minimum atomic E-state index is -0.432. The largest absolute Gasteiger partial charge is 0.465 e. The molecule has 0 fully saturated rings. The Morgan fingerprint density at radius 2 is 1.33 bits per heavy atom. The van der Waals surface area contributed by atoms with Crippen LogP contribution in [0, 0.1) is 0 Å². The van der Waals surface area contributed by atoms with Crippen LogP contribution in [0.3, 0.4) is 0 Å². The van der Waals surface area contributed by atoms with Crippen molar-refractivity contribution in [3.63, 3.8) is 0 Å². The number of hydrogen-bond acceptors (Lipinski definition) is 5. The number of rotatable bonds is 8. The van der Waals surface area contributed by atoms with E-state index in [4.69, 9.17) is 0 Å². The van der Waals surface area contributed by atoms with Crippen LogP contribution in [-0.4, -0.2) is 36.4 Å². The standard InChI is InChI=1S/C20H22N2O4S/c1-3-14-4-8-16(9-5-14)21-18(23)12-27-13-19(24)22-17-10-6-15(7-11-17)20(25)26-2/h4-11H,3,12-13H2,1-2H3,(H,21,23)(H,22,24). The molecule has 2 aromatic carbocycles. The molecule has 0 aliphatic rings. The van der Waals surface area contributed by atoms with Gasteiger partial charge in [-0.2, -0.15) is 0 Å². The van der Waals surface area contributed by atoms with Crippen molar-refractivity contribution in [2.24, 2.45) is 0 Å². The number of anilines is 2. The van der Waals surface area contributed by atoms with Gasteiger partial charge in [-0.1, -0.05) is 19.1 Å². The lowest BCUT2D eigenvalue weighted by atomic mass is 10.1. The smallest absolute Gasteiger partial charge is 0.337 e. The van der Waals surface area contributed by atoms with Gasteiger partial charge in [0.05, 0.1) is 24.2 Å². The number of methoxy groups -OCH3 is 1. The van der Waals surface area contributed by atoms with E-state index in [1.54, 1.807) is 24.3 Å². The highest BCUT2D eigenvalue weighted by molar-refractivity contribution is 8.00. The van der Waals surface area contributed by atoms with Gasteiger partial charge in [-0.3, -0.25) is 9.59 Å². The monoisotopic (exact) mass is 386 g/mol. The molecule has 7 heteroatoms. The number of amides is 2. The maximum Gasteiger partial charge on any atom is 0.337 e. The minimum absolute atomic E-state index is 0.153. The van der Waals surface area contributed by atoms with E-state index in [-0.39, 0.29) is 23.3 Å². The molecule has 2 amide bonds. The van der Waals surface area contributed by atoms with Gasteiger partial charge in [-0.05, 0) is 48.4 Å². The number of hydrogen-bond donors (Lipinski definition) is 2. The number of aryl methyl sites for hydroxylation is 1. The topological polar surface area (TPSA) is 84.5 Å². The van der Waals surface area contributed by atoms with Gasteiger partial charge in [0.1, 0.15) is 0 Å². The first kappa shape index (κ1) is 20.5. The highest BCUT2D eigenvalue weighted by Crippen LogP contribution is 2.13. The van der Waals surface area contributed by atoms with Gasteiger partial charge in [-0.15, -0.1) is 11.8 Å². The summed E-state index contributed by atoms with van der Waals surface area (Å²) in [5.74, 6) is -0.463. The average molecular weight is 386 g/mol. The van der Waals surface area contributed by atoms with E-state index < -0.39 is 5.97 Å². The Hall–Kier alpha value is -2.80. The number of esters is 1. The lowest BCUT2D eigenvalue weighted by Crippen LogP contribution is -2.18. The van der Waals surface area contributed by atoms with Gasteiger partial charge >= 0.3 is 5.97 Å². The number of benzene rings is 2. The van der Waals surface area contributed by atoms with Crippen LogP contribution in [0.1, 0.15) is 22.8 Å². The summed E-state index contributed by atoms with van der Waals surface area (Å²) >= 11 is 1.23. The first-order valence-corrected chi connectivity index (χ1v) is 9.62. The molecule has 0 saturated heterocycles. The molecule has 0 atom stereocenters. The summed E-state index contributed by atoms with van der Waals surface area (Å²) in [6.45, 7) is 2.07. The molecule has 0 spiro atoms. The molecule has 0 aromatic heterocycles. The van der Waals surface area contributed by atoms with Crippen molar-refractivity contribution in [3.8, 4) is 0 Å². The molecule has 142 valence electrons. The van der Waals surface area contributed by atoms with E-state index in [2.05, 4.69) is 22.3 Å². The summed E-state index contributed by atoms with van der Waals surface area (Å²) in [7, 11) is 1.31. The fraction of sp³-hybridized carbons (Fsp3) is 0.250. The lowest BCUT2D eigenvalue weighted by Gasteiger charge is -2.07. The SMILES string of the molecule is CCc1ccc(NC(=O)CSCC(=O)Nc2ccc(C(=O)OC)cc2)cc1. The van der Waals surface area contributed by atoms with Crippen LogP contribution in [0.2, 0.25) is 0 Å². The van der Waals surface area contributed by atoms with E-state index in [1.165, 1.54) is 24.4 Å². The third-order valence-electron chi connectivity index (χ3n) is 3.70. The second-order valence-corrected chi connectivity index (χ2v) is 6.69. The average Bonchev–Trinajstić information content (AvgIpc) is 2.68. The molecule has 27 heavy (non-hydrogen) atoms. The van der Waals surface area contributed by atoms with Crippen molar-refractivity contribution in [3.05, 3.63) is 59.7 Å². The predicted octanol–water partition coefficient (Wildman–Crippen LogP) is 3.35. The van der Waals surface area contributed by atoms with Crippen molar-refractivity contribution >= 4 is 40.9 Å². The van der Waals surface area contributed by atoms with Crippen molar-refractivity contribution < 1.29 is 19.1 Å². The third kappa shape index (κ3) is 6.79. The molecule has 2 rings (SSSR count). The molecule has 0 aliphatic heterocycles. The van der Waals surface area contributed by atoms with Crippen LogP contribution in [0.25, 0.3) is 0 Å². The van der Waals surface area contributed by atoms with E-state index >= 15 is 0 Å². The Bertz CT molecular complexity index is 789. The molecule has 0 saturated carbocycles. The molecular formula is C20H22N2O4S. The molecule has 0 unspecified atom stereocenters. The zero-order valence-electron chi connectivity index (χ0n) is 15.3. The Labute approximate surface area is 162 Å². The number of ether oxygens (including phenoxy) is 1. The molecule has 6 nitrogen and oxygen atoms in total. The Kier molecular flexibility index (Phi) is 7.88. The maximum absolute atomic E-state index is 11.9. The van der Waals surface area contributed by atoms with E-state index in [9.17, 15) is 14.4 Å². The van der Waals surface area contributed by atoms with Gasteiger partial charge in [0.2, 0.25) is 11.8 Å². The van der Waals surface area contributed by atoms with Crippen LogP contribution >= 0.6 is 11.8 Å². The maximum atomic E-state index is 11.9. The Morgan fingerprint density at radius 1 is 0.852 bits per heavy atom. The second kappa shape index (κ2) is 10.4. The lowest BCUT2D eigenvalue weighted by molar-refractivity contribution is -0.114. The molecule has 0 radical (unpaired) electrons. The summed E-state index contributed by atoms with van der Waals surface area (Å²) in [4.78, 5) is 35.2. The summed E-state index contributed by atoms with van der Waals surface area (Å²) in [5, 5.41) is 5.52. The quantitative estimate of drug-likeness (QED) is 0.680. The van der Waals surface area contributed by atoms with Crippen LogP contribution in [-0.2, 0) is 20.7 Å². The highest BCUT2D eigenvalue weighted by Gasteiger charge is 2.08. The highest BCUT2D eigenvalue weighted by atomic mass is 32.2. The fourth-order valence-corrected chi connectivity index (χ4v) is 2.88. The van der Waals surface area contributed by atoms with Crippen LogP contribution in [0.15, 0.2) is 48.5 Å². The van der Waals surface area contributed by atoms with Gasteiger partial charge in [0, 0.05) is 11.4 Å². The first-order valence-electron chi connectivity index (χ1n) is 8.46. The predicted molar refractivity (Wildman–Crippen MR) is 108 cm³/mol. The summed E-state index contributed by atoms with van der Waals surface area (Å²) in [6.07, 6.45) is 0.949. The molecular weight excluding hydrogens is 364 g/mol. The van der Waals surface area contributed by atoms with E-state index in [0.717, 1.165) is 12.1 Å². The summed E-state index contributed by atoms with van der Waals surface area (Å²) in [5.41, 5.74) is 2.94. The van der Waals surface area contributed by atoms with Gasteiger partial charge < -0.3 is 15.4 Å². The minimum Gasteiger partial charge on any atom is -0.465 e. The van der Waals surface area contributed by atoms with Gasteiger partial charge in [0.25, 0.3) is 0 Å².